The quantitative estimate of drug-likeness (QED) is 0.874. The minimum atomic E-state index is -0.281. The van der Waals surface area contributed by atoms with Crippen molar-refractivity contribution in [1.29, 1.82) is 0 Å². The van der Waals surface area contributed by atoms with Gasteiger partial charge in [0.1, 0.15) is 6.26 Å². The maximum atomic E-state index is 12.1. The number of carbonyl (C=O) groups is 2. The minimum Gasteiger partial charge on any atom is -0.472 e. The van der Waals surface area contributed by atoms with Crippen molar-refractivity contribution in [2.45, 2.75) is 37.5 Å². The summed E-state index contributed by atoms with van der Waals surface area (Å²) in [6.45, 7) is 2.20. The molecule has 0 radical (unpaired) electrons. The van der Waals surface area contributed by atoms with E-state index in [9.17, 15) is 9.59 Å². The summed E-state index contributed by atoms with van der Waals surface area (Å²) >= 11 is 1.97. The van der Waals surface area contributed by atoms with E-state index in [2.05, 4.69) is 12.2 Å². The number of amides is 2. The largest absolute Gasteiger partial charge is 0.472 e. The van der Waals surface area contributed by atoms with Crippen LogP contribution >= 0.6 is 11.8 Å². The molecule has 5 nitrogen and oxygen atoms in total. The van der Waals surface area contributed by atoms with Crippen LogP contribution < -0.4 is 5.32 Å². The van der Waals surface area contributed by atoms with Gasteiger partial charge in [0, 0.05) is 18.3 Å². The lowest BCUT2D eigenvalue weighted by molar-refractivity contribution is -0.130. The Morgan fingerprint density at radius 1 is 1.48 bits per heavy atom. The SMILES string of the molecule is CCS[C@H]1CC[C@@H](N(C)C(=O)CNC(=O)c2ccoc2)C1. The van der Waals surface area contributed by atoms with Crippen LogP contribution in [0.5, 0.6) is 0 Å². The van der Waals surface area contributed by atoms with Crippen LogP contribution in [0.2, 0.25) is 0 Å². The summed E-state index contributed by atoms with van der Waals surface area (Å²) in [5, 5.41) is 3.29. The number of hydrogen-bond acceptors (Lipinski definition) is 4. The number of nitrogens with zero attached hydrogens (tertiary/aromatic N) is 1. The molecule has 0 saturated heterocycles. The zero-order valence-electron chi connectivity index (χ0n) is 12.5. The van der Waals surface area contributed by atoms with Crippen LogP contribution in [0.15, 0.2) is 23.0 Å². The van der Waals surface area contributed by atoms with E-state index >= 15 is 0 Å². The summed E-state index contributed by atoms with van der Waals surface area (Å²) in [5.41, 5.74) is 0.436. The van der Waals surface area contributed by atoms with Crippen LogP contribution in [-0.2, 0) is 4.79 Å². The van der Waals surface area contributed by atoms with Gasteiger partial charge >= 0.3 is 0 Å². The Labute approximate surface area is 129 Å². The molecule has 1 fully saturated rings. The van der Waals surface area contributed by atoms with Crippen molar-refractivity contribution < 1.29 is 14.0 Å². The molecule has 1 aliphatic rings. The molecule has 6 heteroatoms. The van der Waals surface area contributed by atoms with Crippen LogP contribution in [0.25, 0.3) is 0 Å². The molecule has 1 aliphatic carbocycles. The summed E-state index contributed by atoms with van der Waals surface area (Å²) in [6, 6.07) is 1.87. The highest BCUT2D eigenvalue weighted by molar-refractivity contribution is 7.99. The number of thioether (sulfide) groups is 1. The molecule has 1 saturated carbocycles. The lowest BCUT2D eigenvalue weighted by atomic mass is 10.2. The predicted molar refractivity (Wildman–Crippen MR) is 83.4 cm³/mol. The van der Waals surface area contributed by atoms with E-state index in [-0.39, 0.29) is 18.4 Å². The molecule has 21 heavy (non-hydrogen) atoms. The van der Waals surface area contributed by atoms with E-state index in [0.717, 1.165) is 18.6 Å². The standard InChI is InChI=1S/C15H22N2O3S/c1-3-21-13-5-4-12(8-13)17(2)14(18)9-16-15(19)11-6-7-20-10-11/h6-7,10,12-13H,3-5,8-9H2,1-2H3,(H,16,19)/t12-,13+/m1/s1. The number of nitrogens with one attached hydrogen (secondary N) is 1. The van der Waals surface area contributed by atoms with E-state index in [1.54, 1.807) is 11.0 Å². The van der Waals surface area contributed by atoms with E-state index in [4.69, 9.17) is 4.42 Å². The number of furan rings is 1. The Bertz CT molecular complexity index is 475. The molecule has 1 heterocycles. The maximum absolute atomic E-state index is 12.1. The monoisotopic (exact) mass is 310 g/mol. The van der Waals surface area contributed by atoms with Gasteiger partial charge < -0.3 is 14.6 Å². The molecule has 1 aromatic rings. The number of likely N-dealkylation sites (N-methyl/N-ethyl adjacent to an activating group) is 1. The van der Waals surface area contributed by atoms with Crippen molar-refractivity contribution in [2.75, 3.05) is 19.3 Å². The molecule has 0 bridgehead atoms. The second kappa shape index (κ2) is 7.54. The summed E-state index contributed by atoms with van der Waals surface area (Å²) in [7, 11) is 1.83. The minimum absolute atomic E-state index is 0.0304. The molecule has 0 aromatic carbocycles. The molecule has 2 atom stereocenters. The van der Waals surface area contributed by atoms with Crippen molar-refractivity contribution in [3.63, 3.8) is 0 Å². The van der Waals surface area contributed by atoms with Crippen LogP contribution in [0.4, 0.5) is 0 Å². The second-order valence-electron chi connectivity index (χ2n) is 5.24. The van der Waals surface area contributed by atoms with Crippen LogP contribution in [-0.4, -0.2) is 47.4 Å². The highest BCUT2D eigenvalue weighted by atomic mass is 32.2. The molecule has 1 N–H and O–H groups in total. The third kappa shape index (κ3) is 4.27. The van der Waals surface area contributed by atoms with E-state index in [1.807, 2.05) is 18.8 Å². The molecule has 0 unspecified atom stereocenters. The van der Waals surface area contributed by atoms with Crippen molar-refractivity contribution in [2.24, 2.45) is 0 Å². The first-order valence-electron chi connectivity index (χ1n) is 7.29. The first-order chi connectivity index (χ1) is 10.1. The fraction of sp³-hybridized carbons (Fsp3) is 0.600. The lowest BCUT2D eigenvalue weighted by Crippen LogP contribution is -2.42. The zero-order chi connectivity index (χ0) is 15.2. The fourth-order valence-electron chi connectivity index (χ4n) is 2.64. The third-order valence-electron chi connectivity index (χ3n) is 3.88. The smallest absolute Gasteiger partial charge is 0.254 e. The van der Waals surface area contributed by atoms with Crippen LogP contribution in [0.1, 0.15) is 36.5 Å². The Kier molecular flexibility index (Phi) is 5.73. The molecule has 2 rings (SSSR count). The van der Waals surface area contributed by atoms with Gasteiger partial charge in [0.25, 0.3) is 5.91 Å². The van der Waals surface area contributed by atoms with Gasteiger partial charge in [-0.3, -0.25) is 9.59 Å². The summed E-state index contributed by atoms with van der Waals surface area (Å²) in [4.78, 5) is 25.7. The van der Waals surface area contributed by atoms with Gasteiger partial charge in [0.15, 0.2) is 0 Å². The zero-order valence-corrected chi connectivity index (χ0v) is 13.3. The Hall–Kier alpha value is -1.43. The number of carbonyl (C=O) groups excluding carboxylic acids is 2. The average molecular weight is 310 g/mol. The van der Waals surface area contributed by atoms with Gasteiger partial charge in [0.05, 0.1) is 18.4 Å². The molecule has 116 valence electrons. The third-order valence-corrected chi connectivity index (χ3v) is 5.12. The number of hydrogen-bond donors (Lipinski definition) is 1. The van der Waals surface area contributed by atoms with Crippen molar-refractivity contribution in [1.82, 2.24) is 10.2 Å². The van der Waals surface area contributed by atoms with Crippen molar-refractivity contribution in [3.05, 3.63) is 24.2 Å². The van der Waals surface area contributed by atoms with Gasteiger partial charge in [-0.05, 0) is 31.1 Å². The fourth-order valence-corrected chi connectivity index (χ4v) is 3.77. The lowest BCUT2D eigenvalue weighted by Gasteiger charge is -2.24. The normalized spacial score (nSPS) is 21.2. The summed E-state index contributed by atoms with van der Waals surface area (Å²) < 4.78 is 4.85. The molecule has 0 spiro atoms. The number of rotatable bonds is 6. The topological polar surface area (TPSA) is 62.6 Å². The van der Waals surface area contributed by atoms with E-state index in [1.165, 1.54) is 18.9 Å². The van der Waals surface area contributed by atoms with E-state index in [0.29, 0.717) is 16.9 Å². The summed E-state index contributed by atoms with van der Waals surface area (Å²) in [5.74, 6) is 0.797. The Balaban J connectivity index is 1.77. The van der Waals surface area contributed by atoms with Crippen LogP contribution in [0, 0.1) is 0 Å². The molecule has 2 amide bonds. The first kappa shape index (κ1) is 15.9. The highest BCUT2D eigenvalue weighted by Gasteiger charge is 2.29. The van der Waals surface area contributed by atoms with Gasteiger partial charge in [-0.15, -0.1) is 0 Å². The molecular weight excluding hydrogens is 288 g/mol. The van der Waals surface area contributed by atoms with Gasteiger partial charge in [-0.25, -0.2) is 0 Å². The average Bonchev–Trinajstić information content (AvgIpc) is 3.15. The highest BCUT2D eigenvalue weighted by Crippen LogP contribution is 2.32. The van der Waals surface area contributed by atoms with Gasteiger partial charge in [-0.1, -0.05) is 6.92 Å². The van der Waals surface area contributed by atoms with Gasteiger partial charge in [-0.2, -0.15) is 11.8 Å². The van der Waals surface area contributed by atoms with E-state index < -0.39 is 0 Å². The van der Waals surface area contributed by atoms with Crippen LogP contribution in [0.3, 0.4) is 0 Å². The Morgan fingerprint density at radius 2 is 2.29 bits per heavy atom. The van der Waals surface area contributed by atoms with Crippen molar-refractivity contribution >= 4 is 23.6 Å². The first-order valence-corrected chi connectivity index (χ1v) is 8.34. The summed E-state index contributed by atoms with van der Waals surface area (Å²) in [6.07, 6.45) is 6.08. The van der Waals surface area contributed by atoms with Crippen molar-refractivity contribution in [3.8, 4) is 0 Å². The Morgan fingerprint density at radius 3 is 2.95 bits per heavy atom. The predicted octanol–water partition coefficient (Wildman–Crippen LogP) is 2.14. The maximum Gasteiger partial charge on any atom is 0.254 e. The molecular formula is C15H22N2O3S. The second-order valence-corrected chi connectivity index (χ2v) is 6.82. The van der Waals surface area contributed by atoms with Gasteiger partial charge in [0.2, 0.25) is 5.91 Å². The molecule has 0 aliphatic heterocycles. The molecule has 1 aromatic heterocycles.